The Labute approximate surface area is 165 Å². The molecule has 0 bridgehead atoms. The third-order valence-corrected chi connectivity index (χ3v) is 5.22. The first-order valence-electron chi connectivity index (χ1n) is 9.74. The Bertz CT molecular complexity index is 931. The number of nitrogens with zero attached hydrogens (tertiary/aromatic N) is 4. The molecule has 0 aliphatic carbocycles. The summed E-state index contributed by atoms with van der Waals surface area (Å²) in [7, 11) is 1.81. The molecule has 0 unspecified atom stereocenters. The van der Waals surface area contributed by atoms with Crippen molar-refractivity contribution in [3.63, 3.8) is 0 Å². The number of amides is 1. The van der Waals surface area contributed by atoms with Gasteiger partial charge < -0.3 is 10.2 Å². The van der Waals surface area contributed by atoms with Crippen molar-refractivity contribution in [1.82, 2.24) is 25.2 Å². The summed E-state index contributed by atoms with van der Waals surface area (Å²) in [5.41, 5.74) is 3.80. The summed E-state index contributed by atoms with van der Waals surface area (Å²) in [5.74, 6) is -0.108. The quantitative estimate of drug-likeness (QED) is 0.744. The van der Waals surface area contributed by atoms with Crippen molar-refractivity contribution in [3.8, 4) is 11.1 Å². The van der Waals surface area contributed by atoms with Gasteiger partial charge in [0.2, 0.25) is 0 Å². The largest absolute Gasteiger partial charge is 0.336 e. The highest BCUT2D eigenvalue weighted by molar-refractivity contribution is 5.91. The Balaban J connectivity index is 1.49. The summed E-state index contributed by atoms with van der Waals surface area (Å²) >= 11 is 0. The van der Waals surface area contributed by atoms with Gasteiger partial charge in [0, 0.05) is 13.6 Å². The molecular weight excluding hydrogens is 350 g/mol. The van der Waals surface area contributed by atoms with Crippen LogP contribution in [0.5, 0.6) is 0 Å². The molecule has 3 aromatic rings. The maximum atomic E-state index is 12.9. The van der Waals surface area contributed by atoms with Crippen LogP contribution in [0.25, 0.3) is 11.1 Å². The van der Waals surface area contributed by atoms with Crippen LogP contribution in [0.15, 0.2) is 60.8 Å². The normalized spacial score (nSPS) is 14.8. The van der Waals surface area contributed by atoms with Crippen molar-refractivity contribution in [2.45, 2.75) is 25.4 Å². The van der Waals surface area contributed by atoms with E-state index in [1.54, 1.807) is 15.9 Å². The van der Waals surface area contributed by atoms with E-state index in [-0.39, 0.29) is 11.9 Å². The second-order valence-corrected chi connectivity index (χ2v) is 7.22. The van der Waals surface area contributed by atoms with E-state index in [0.717, 1.165) is 42.6 Å². The first-order valence-corrected chi connectivity index (χ1v) is 9.74. The Hall–Kier alpha value is -2.99. The summed E-state index contributed by atoms with van der Waals surface area (Å²) < 4.78 is 0. The van der Waals surface area contributed by atoms with Crippen molar-refractivity contribution in [1.29, 1.82) is 0 Å². The van der Waals surface area contributed by atoms with E-state index in [2.05, 4.69) is 39.8 Å². The number of hydrogen-bond donors (Lipinski definition) is 1. The third-order valence-electron chi connectivity index (χ3n) is 5.22. The van der Waals surface area contributed by atoms with Gasteiger partial charge in [-0.2, -0.15) is 9.90 Å². The zero-order valence-electron chi connectivity index (χ0n) is 16.1. The number of hydrogen-bond acceptors (Lipinski definition) is 4. The Morgan fingerprint density at radius 2 is 1.82 bits per heavy atom. The number of aromatic nitrogens is 3. The molecule has 0 saturated carbocycles. The fourth-order valence-electron chi connectivity index (χ4n) is 3.67. The number of carbonyl (C=O) groups excluding carboxylic acids is 1. The molecule has 1 saturated heterocycles. The van der Waals surface area contributed by atoms with Gasteiger partial charge in [-0.15, -0.1) is 5.10 Å². The van der Waals surface area contributed by atoms with Crippen LogP contribution >= 0.6 is 0 Å². The minimum atomic E-state index is -0.108. The fourth-order valence-corrected chi connectivity index (χ4v) is 3.67. The van der Waals surface area contributed by atoms with Crippen molar-refractivity contribution in [2.24, 2.45) is 0 Å². The Morgan fingerprint density at radius 1 is 1.11 bits per heavy atom. The molecule has 1 N–H and O–H groups in total. The smallest absolute Gasteiger partial charge is 0.276 e. The predicted octanol–water partition coefficient (Wildman–Crippen LogP) is 3.14. The molecule has 28 heavy (non-hydrogen) atoms. The third kappa shape index (κ3) is 3.97. The molecule has 1 amide bonds. The molecule has 6 heteroatoms. The van der Waals surface area contributed by atoms with Crippen LogP contribution in [0.2, 0.25) is 0 Å². The highest BCUT2D eigenvalue weighted by Gasteiger charge is 2.21. The highest BCUT2D eigenvalue weighted by atomic mass is 16.2. The van der Waals surface area contributed by atoms with Crippen LogP contribution in [0, 0.1) is 0 Å². The van der Waals surface area contributed by atoms with E-state index < -0.39 is 0 Å². The summed E-state index contributed by atoms with van der Waals surface area (Å²) in [6, 6.07) is 18.7. The number of carbonyl (C=O) groups is 1. The number of benzene rings is 2. The van der Waals surface area contributed by atoms with Gasteiger partial charge in [-0.1, -0.05) is 54.6 Å². The molecule has 0 atom stereocenters. The monoisotopic (exact) mass is 375 g/mol. The predicted molar refractivity (Wildman–Crippen MR) is 109 cm³/mol. The van der Waals surface area contributed by atoms with Crippen LogP contribution in [0.1, 0.15) is 34.9 Å². The number of rotatable bonds is 5. The van der Waals surface area contributed by atoms with Gasteiger partial charge in [0.25, 0.3) is 5.91 Å². The van der Waals surface area contributed by atoms with E-state index in [9.17, 15) is 4.79 Å². The second kappa shape index (κ2) is 8.35. The van der Waals surface area contributed by atoms with Gasteiger partial charge in [0.05, 0.1) is 12.2 Å². The molecule has 0 spiro atoms. The molecule has 1 aliphatic heterocycles. The van der Waals surface area contributed by atoms with Crippen LogP contribution in [0.3, 0.4) is 0 Å². The Kier molecular flexibility index (Phi) is 5.48. The molecule has 1 aliphatic rings. The average molecular weight is 375 g/mol. The van der Waals surface area contributed by atoms with Crippen LogP contribution < -0.4 is 5.32 Å². The molecule has 144 valence electrons. The van der Waals surface area contributed by atoms with Gasteiger partial charge in [0.1, 0.15) is 0 Å². The van der Waals surface area contributed by atoms with Gasteiger partial charge >= 0.3 is 0 Å². The highest BCUT2D eigenvalue weighted by Crippen LogP contribution is 2.24. The maximum Gasteiger partial charge on any atom is 0.276 e. The van der Waals surface area contributed by atoms with Crippen molar-refractivity contribution < 1.29 is 4.79 Å². The van der Waals surface area contributed by atoms with Gasteiger partial charge in [-0.25, -0.2) is 0 Å². The van der Waals surface area contributed by atoms with Crippen LogP contribution in [-0.2, 0) is 6.54 Å². The second-order valence-electron chi connectivity index (χ2n) is 7.22. The van der Waals surface area contributed by atoms with E-state index in [4.69, 9.17) is 0 Å². The standard InChI is InChI=1S/C22H25N5O/c1-26(16-18-9-5-6-10-20(18)17-7-3-2-4-8-17)22(28)21-15-24-27(25-21)19-11-13-23-14-12-19/h2-10,15,19,23H,11-14,16H2,1H3. The minimum Gasteiger partial charge on any atom is -0.336 e. The van der Waals surface area contributed by atoms with E-state index in [1.807, 2.05) is 37.4 Å². The average Bonchev–Trinajstić information content (AvgIpc) is 3.25. The lowest BCUT2D eigenvalue weighted by Gasteiger charge is -2.21. The molecule has 1 aromatic heterocycles. The first-order chi connectivity index (χ1) is 13.7. The summed E-state index contributed by atoms with van der Waals surface area (Å²) in [5, 5.41) is 12.1. The maximum absolute atomic E-state index is 12.9. The van der Waals surface area contributed by atoms with Crippen molar-refractivity contribution in [3.05, 3.63) is 72.1 Å². The zero-order chi connectivity index (χ0) is 19.3. The van der Waals surface area contributed by atoms with Crippen molar-refractivity contribution in [2.75, 3.05) is 20.1 Å². The first kappa shape index (κ1) is 18.4. The zero-order valence-corrected chi connectivity index (χ0v) is 16.1. The van der Waals surface area contributed by atoms with Crippen molar-refractivity contribution >= 4 is 5.91 Å². The van der Waals surface area contributed by atoms with E-state index in [1.165, 1.54) is 0 Å². The topological polar surface area (TPSA) is 63.1 Å². The molecule has 2 heterocycles. The summed E-state index contributed by atoms with van der Waals surface area (Å²) in [4.78, 5) is 16.3. The summed E-state index contributed by atoms with van der Waals surface area (Å²) in [6.45, 7) is 2.45. The molecule has 6 nitrogen and oxygen atoms in total. The minimum absolute atomic E-state index is 0.108. The molecule has 2 aromatic carbocycles. The van der Waals surface area contributed by atoms with Gasteiger partial charge in [-0.3, -0.25) is 4.79 Å². The fraction of sp³-hybridized carbons (Fsp3) is 0.318. The van der Waals surface area contributed by atoms with E-state index >= 15 is 0 Å². The molecule has 0 radical (unpaired) electrons. The molecule has 1 fully saturated rings. The van der Waals surface area contributed by atoms with Crippen LogP contribution in [0.4, 0.5) is 0 Å². The van der Waals surface area contributed by atoms with E-state index in [0.29, 0.717) is 12.2 Å². The number of nitrogens with one attached hydrogen (secondary N) is 1. The molecule has 4 rings (SSSR count). The van der Waals surface area contributed by atoms with Gasteiger partial charge in [-0.05, 0) is 42.6 Å². The Morgan fingerprint density at radius 3 is 2.61 bits per heavy atom. The van der Waals surface area contributed by atoms with Gasteiger partial charge in [0.15, 0.2) is 5.69 Å². The lowest BCUT2D eigenvalue weighted by Crippen LogP contribution is -2.31. The number of piperidine rings is 1. The lowest BCUT2D eigenvalue weighted by atomic mass is 9.99. The lowest BCUT2D eigenvalue weighted by molar-refractivity contribution is 0.0778. The molecular formula is C22H25N5O. The SMILES string of the molecule is CN(Cc1ccccc1-c1ccccc1)C(=O)c1cnn(C2CCNCC2)n1. The summed E-state index contributed by atoms with van der Waals surface area (Å²) in [6.07, 6.45) is 3.56. The van der Waals surface area contributed by atoms with Crippen LogP contribution in [-0.4, -0.2) is 45.9 Å².